The maximum absolute atomic E-state index is 10.8. The molecule has 0 fully saturated rings. The van der Waals surface area contributed by atoms with Crippen molar-refractivity contribution in [1.82, 2.24) is 4.98 Å². The van der Waals surface area contributed by atoms with Gasteiger partial charge in [0, 0.05) is 6.07 Å². The minimum absolute atomic E-state index is 0.167. The van der Waals surface area contributed by atoms with Crippen molar-refractivity contribution in [3.05, 3.63) is 34.2 Å². The molecule has 0 unspecified atom stereocenters. The Labute approximate surface area is 62.8 Å². The Morgan fingerprint density at radius 3 is 2.82 bits per heavy atom. The maximum atomic E-state index is 10.8. The number of H-pyrrole nitrogens is 1. The molecule has 0 aliphatic rings. The molecule has 4 heteroatoms. The smallest absolute Gasteiger partial charge is 0.354 e. The Morgan fingerprint density at radius 2 is 2.27 bits per heavy atom. The first-order valence-electron chi connectivity index (χ1n) is 3.01. The third kappa shape index (κ3) is 1.67. The fourth-order valence-electron chi connectivity index (χ4n) is 0.677. The molecule has 1 rings (SSSR count). The largest absolute Gasteiger partial charge is 0.464 e. The van der Waals surface area contributed by atoms with Crippen molar-refractivity contribution in [1.29, 1.82) is 0 Å². The molecule has 1 heterocycles. The van der Waals surface area contributed by atoms with Crippen LogP contribution in [0.25, 0.3) is 0 Å². The molecular weight excluding hydrogens is 146 g/mol. The van der Waals surface area contributed by atoms with Crippen molar-refractivity contribution in [2.45, 2.75) is 0 Å². The van der Waals surface area contributed by atoms with Gasteiger partial charge in [0.1, 0.15) is 5.69 Å². The van der Waals surface area contributed by atoms with E-state index in [0.717, 1.165) is 0 Å². The van der Waals surface area contributed by atoms with Crippen molar-refractivity contribution >= 4 is 5.97 Å². The van der Waals surface area contributed by atoms with Crippen LogP contribution in [0.15, 0.2) is 23.0 Å². The minimum Gasteiger partial charge on any atom is -0.464 e. The van der Waals surface area contributed by atoms with Gasteiger partial charge >= 0.3 is 5.97 Å². The first-order chi connectivity index (χ1) is 5.24. The summed E-state index contributed by atoms with van der Waals surface area (Å²) >= 11 is 0. The lowest BCUT2D eigenvalue weighted by Crippen LogP contribution is -2.11. The van der Waals surface area contributed by atoms with Crippen molar-refractivity contribution in [3.63, 3.8) is 0 Å². The lowest BCUT2D eigenvalue weighted by molar-refractivity contribution is 0.0593. The zero-order valence-electron chi connectivity index (χ0n) is 5.96. The lowest BCUT2D eigenvalue weighted by Gasteiger charge is -1.95. The average Bonchev–Trinajstić information content (AvgIpc) is 2.03. The van der Waals surface area contributed by atoms with Crippen LogP contribution in [-0.2, 0) is 4.74 Å². The summed E-state index contributed by atoms with van der Waals surface area (Å²) in [5, 5.41) is 0. The molecular formula is C7H7NO3. The molecule has 0 aromatic carbocycles. The summed E-state index contributed by atoms with van der Waals surface area (Å²) in [6, 6.07) is 4.30. The highest BCUT2D eigenvalue weighted by Gasteiger charge is 2.03. The van der Waals surface area contributed by atoms with E-state index >= 15 is 0 Å². The number of carbonyl (C=O) groups is 1. The molecule has 11 heavy (non-hydrogen) atoms. The monoisotopic (exact) mass is 153 g/mol. The summed E-state index contributed by atoms with van der Waals surface area (Å²) in [6.07, 6.45) is 0. The summed E-state index contributed by atoms with van der Waals surface area (Å²) < 4.78 is 4.38. The number of nitrogens with one attached hydrogen (secondary N) is 1. The SMILES string of the molecule is COC(=O)c1cccc(=O)[nH]1. The molecule has 4 nitrogen and oxygen atoms in total. The second-order valence-corrected chi connectivity index (χ2v) is 1.92. The van der Waals surface area contributed by atoms with E-state index in [1.165, 1.54) is 25.3 Å². The molecule has 58 valence electrons. The summed E-state index contributed by atoms with van der Waals surface area (Å²) in [7, 11) is 1.26. The van der Waals surface area contributed by atoms with Gasteiger partial charge in [0.25, 0.3) is 0 Å². The Balaban J connectivity index is 3.05. The Morgan fingerprint density at radius 1 is 1.55 bits per heavy atom. The van der Waals surface area contributed by atoms with E-state index in [-0.39, 0.29) is 11.3 Å². The zero-order chi connectivity index (χ0) is 8.27. The molecule has 0 aliphatic heterocycles. The molecule has 0 spiro atoms. The molecule has 0 aliphatic carbocycles. The fourth-order valence-corrected chi connectivity index (χ4v) is 0.677. The standard InChI is InChI=1S/C7H7NO3/c1-11-7(10)5-3-2-4-6(9)8-5/h2-4H,1H3,(H,8,9). The summed E-state index contributed by atoms with van der Waals surface area (Å²) in [6.45, 7) is 0. The van der Waals surface area contributed by atoms with Gasteiger partial charge in [-0.2, -0.15) is 0 Å². The number of rotatable bonds is 1. The highest BCUT2D eigenvalue weighted by molar-refractivity contribution is 5.86. The predicted molar refractivity (Wildman–Crippen MR) is 38.4 cm³/mol. The van der Waals surface area contributed by atoms with E-state index < -0.39 is 5.97 Å². The van der Waals surface area contributed by atoms with Crippen LogP contribution in [0.5, 0.6) is 0 Å². The average molecular weight is 153 g/mol. The van der Waals surface area contributed by atoms with Crippen molar-refractivity contribution in [2.75, 3.05) is 7.11 Å². The minimum atomic E-state index is -0.539. The van der Waals surface area contributed by atoms with E-state index in [0.29, 0.717) is 0 Å². The van der Waals surface area contributed by atoms with Gasteiger partial charge in [-0.1, -0.05) is 6.07 Å². The zero-order valence-corrected chi connectivity index (χ0v) is 5.96. The molecule has 0 bridgehead atoms. The second-order valence-electron chi connectivity index (χ2n) is 1.92. The number of aromatic amines is 1. The molecule has 0 atom stereocenters. The molecule has 0 saturated carbocycles. The van der Waals surface area contributed by atoms with Crippen molar-refractivity contribution in [3.8, 4) is 0 Å². The number of pyridine rings is 1. The van der Waals surface area contributed by atoms with E-state index in [1.807, 2.05) is 0 Å². The van der Waals surface area contributed by atoms with E-state index in [1.54, 1.807) is 0 Å². The van der Waals surface area contributed by atoms with Crippen LogP contribution >= 0.6 is 0 Å². The van der Waals surface area contributed by atoms with Gasteiger partial charge in [-0.3, -0.25) is 4.79 Å². The first kappa shape index (κ1) is 7.53. The summed E-state index contributed by atoms with van der Waals surface area (Å²) in [5.74, 6) is -0.539. The normalized spacial score (nSPS) is 9.18. The van der Waals surface area contributed by atoms with Crippen LogP contribution in [0.3, 0.4) is 0 Å². The maximum Gasteiger partial charge on any atom is 0.354 e. The third-order valence-corrected chi connectivity index (χ3v) is 1.17. The molecule has 0 amide bonds. The molecule has 0 saturated heterocycles. The Kier molecular flexibility index (Phi) is 2.06. The van der Waals surface area contributed by atoms with Crippen molar-refractivity contribution in [2.24, 2.45) is 0 Å². The lowest BCUT2D eigenvalue weighted by atomic mass is 10.3. The van der Waals surface area contributed by atoms with Crippen LogP contribution in [0, 0.1) is 0 Å². The van der Waals surface area contributed by atoms with Crippen molar-refractivity contribution < 1.29 is 9.53 Å². The topological polar surface area (TPSA) is 59.2 Å². The molecule has 1 aromatic heterocycles. The number of esters is 1. The van der Waals surface area contributed by atoms with Gasteiger partial charge in [-0.05, 0) is 6.07 Å². The van der Waals surface area contributed by atoms with Gasteiger partial charge in [0.15, 0.2) is 0 Å². The van der Waals surface area contributed by atoms with E-state index in [9.17, 15) is 9.59 Å². The molecule has 0 radical (unpaired) electrons. The first-order valence-corrected chi connectivity index (χ1v) is 3.01. The summed E-state index contributed by atoms with van der Waals surface area (Å²) in [4.78, 5) is 23.7. The predicted octanol–water partition coefficient (Wildman–Crippen LogP) is 0.161. The highest BCUT2D eigenvalue weighted by atomic mass is 16.5. The second kappa shape index (κ2) is 3.01. The number of aromatic nitrogens is 1. The van der Waals surface area contributed by atoms with E-state index in [4.69, 9.17) is 0 Å². The van der Waals surface area contributed by atoms with E-state index in [2.05, 4.69) is 9.72 Å². The van der Waals surface area contributed by atoms with Crippen LogP contribution in [0.4, 0.5) is 0 Å². The van der Waals surface area contributed by atoms with Gasteiger partial charge in [-0.25, -0.2) is 4.79 Å². The van der Waals surface area contributed by atoms with Crippen LogP contribution in [0.1, 0.15) is 10.5 Å². The van der Waals surface area contributed by atoms with Gasteiger partial charge < -0.3 is 9.72 Å². The molecule has 1 N–H and O–H groups in total. The fraction of sp³-hybridized carbons (Fsp3) is 0.143. The number of hydrogen-bond acceptors (Lipinski definition) is 3. The van der Waals surface area contributed by atoms with Crippen LogP contribution in [0.2, 0.25) is 0 Å². The number of ether oxygens (including phenoxy) is 1. The quantitative estimate of drug-likeness (QED) is 0.584. The Hall–Kier alpha value is -1.58. The third-order valence-electron chi connectivity index (χ3n) is 1.17. The van der Waals surface area contributed by atoms with Gasteiger partial charge in [0.05, 0.1) is 7.11 Å². The number of methoxy groups -OCH3 is 1. The Bertz CT molecular complexity index is 315. The van der Waals surface area contributed by atoms with Gasteiger partial charge in [-0.15, -0.1) is 0 Å². The van der Waals surface area contributed by atoms with Gasteiger partial charge in [0.2, 0.25) is 5.56 Å². The van der Waals surface area contributed by atoms with Crippen LogP contribution < -0.4 is 5.56 Å². The number of hydrogen-bond donors (Lipinski definition) is 1. The summed E-state index contributed by atoms with van der Waals surface area (Å²) in [5.41, 5.74) is -0.145. The number of carbonyl (C=O) groups excluding carboxylic acids is 1. The highest BCUT2D eigenvalue weighted by Crippen LogP contribution is 1.91. The molecule has 1 aromatic rings. The van der Waals surface area contributed by atoms with Crippen LogP contribution in [-0.4, -0.2) is 18.1 Å².